The molecule has 1 aromatic carbocycles. The molecular formula is C17H23N5. The minimum atomic E-state index is 0.801. The summed E-state index contributed by atoms with van der Waals surface area (Å²) in [6.07, 6.45) is 2.69. The van der Waals surface area contributed by atoms with Crippen LogP contribution in [-0.4, -0.2) is 37.6 Å². The molecule has 22 heavy (non-hydrogen) atoms. The first-order chi connectivity index (χ1) is 10.8. The number of fused-ring (bicyclic) bond motifs is 1. The standard InChI is InChI=1S/C17H23N5/c1-18-17(21-12-13-6-7-13)20-11-10-19-16-9-8-14-4-2-3-5-15(14)22-16/h2-5,8-9,13H,6-7,10-12H2,1H3,(H,19,22)(H2,18,20,21). The van der Waals surface area contributed by atoms with E-state index in [4.69, 9.17) is 0 Å². The Hall–Kier alpha value is -2.30. The van der Waals surface area contributed by atoms with Gasteiger partial charge >= 0.3 is 0 Å². The summed E-state index contributed by atoms with van der Waals surface area (Å²) in [5.74, 6) is 2.63. The number of pyridine rings is 1. The third-order valence-electron chi connectivity index (χ3n) is 3.80. The van der Waals surface area contributed by atoms with E-state index < -0.39 is 0 Å². The maximum absolute atomic E-state index is 4.60. The molecule has 1 aliphatic rings. The number of nitrogens with one attached hydrogen (secondary N) is 3. The number of aromatic nitrogens is 1. The van der Waals surface area contributed by atoms with Crippen LogP contribution in [0.15, 0.2) is 41.4 Å². The van der Waals surface area contributed by atoms with Crippen LogP contribution in [0.1, 0.15) is 12.8 Å². The molecule has 116 valence electrons. The third kappa shape index (κ3) is 4.10. The van der Waals surface area contributed by atoms with Crippen LogP contribution >= 0.6 is 0 Å². The van der Waals surface area contributed by atoms with Crippen LogP contribution in [0.4, 0.5) is 5.82 Å². The molecule has 0 atom stereocenters. The summed E-state index contributed by atoms with van der Waals surface area (Å²) >= 11 is 0. The van der Waals surface area contributed by atoms with Gasteiger partial charge in [0.2, 0.25) is 0 Å². The first-order valence-electron chi connectivity index (χ1n) is 7.89. The molecule has 0 bridgehead atoms. The van der Waals surface area contributed by atoms with E-state index in [1.54, 1.807) is 7.05 Å². The van der Waals surface area contributed by atoms with E-state index in [-0.39, 0.29) is 0 Å². The molecule has 0 aliphatic heterocycles. The second kappa shape index (κ2) is 7.11. The van der Waals surface area contributed by atoms with Gasteiger partial charge in [0, 0.05) is 32.1 Å². The first kappa shape index (κ1) is 14.6. The lowest BCUT2D eigenvalue weighted by Crippen LogP contribution is -2.40. The molecule has 0 radical (unpaired) electrons. The fraction of sp³-hybridized carbons (Fsp3) is 0.412. The second-order valence-corrected chi connectivity index (χ2v) is 5.64. The molecule has 1 fully saturated rings. The Kier molecular flexibility index (Phi) is 4.73. The highest BCUT2D eigenvalue weighted by Gasteiger charge is 2.20. The van der Waals surface area contributed by atoms with Crippen molar-refractivity contribution in [1.82, 2.24) is 15.6 Å². The number of anilines is 1. The summed E-state index contributed by atoms with van der Waals surface area (Å²) in [4.78, 5) is 8.82. The molecule has 1 heterocycles. The summed E-state index contributed by atoms with van der Waals surface area (Å²) in [6.45, 7) is 2.63. The van der Waals surface area contributed by atoms with E-state index in [0.29, 0.717) is 0 Å². The number of aliphatic imine (C=N–C) groups is 1. The quantitative estimate of drug-likeness (QED) is 0.435. The highest BCUT2D eigenvalue weighted by atomic mass is 15.2. The monoisotopic (exact) mass is 297 g/mol. The van der Waals surface area contributed by atoms with Crippen molar-refractivity contribution in [1.29, 1.82) is 0 Å². The molecule has 1 saturated carbocycles. The van der Waals surface area contributed by atoms with Gasteiger partial charge in [0.05, 0.1) is 5.52 Å². The van der Waals surface area contributed by atoms with Crippen LogP contribution < -0.4 is 16.0 Å². The number of para-hydroxylation sites is 1. The normalized spacial score (nSPS) is 14.9. The molecule has 3 N–H and O–H groups in total. The van der Waals surface area contributed by atoms with Crippen molar-refractivity contribution < 1.29 is 0 Å². The van der Waals surface area contributed by atoms with E-state index in [0.717, 1.165) is 48.2 Å². The van der Waals surface area contributed by atoms with E-state index in [2.05, 4.69) is 38.1 Å². The summed E-state index contributed by atoms with van der Waals surface area (Å²) in [5.41, 5.74) is 1.02. The Bertz CT molecular complexity index is 648. The van der Waals surface area contributed by atoms with Gasteiger partial charge in [-0.1, -0.05) is 18.2 Å². The van der Waals surface area contributed by atoms with Gasteiger partial charge in [-0.25, -0.2) is 4.98 Å². The Labute approximate surface area is 131 Å². The Morgan fingerprint density at radius 2 is 2.00 bits per heavy atom. The Balaban J connectivity index is 1.43. The highest BCUT2D eigenvalue weighted by Crippen LogP contribution is 2.27. The average Bonchev–Trinajstić information content (AvgIpc) is 3.38. The van der Waals surface area contributed by atoms with Crippen molar-refractivity contribution in [2.75, 3.05) is 32.0 Å². The summed E-state index contributed by atoms with van der Waals surface area (Å²) < 4.78 is 0. The minimum absolute atomic E-state index is 0.801. The molecule has 1 aliphatic carbocycles. The molecule has 2 aromatic rings. The maximum atomic E-state index is 4.60. The fourth-order valence-corrected chi connectivity index (χ4v) is 2.32. The molecule has 0 spiro atoms. The lowest BCUT2D eigenvalue weighted by atomic mass is 10.2. The van der Waals surface area contributed by atoms with Crippen molar-refractivity contribution in [2.45, 2.75) is 12.8 Å². The predicted molar refractivity (Wildman–Crippen MR) is 92.3 cm³/mol. The van der Waals surface area contributed by atoms with Gasteiger partial charge in [0.15, 0.2) is 5.96 Å². The molecular weight excluding hydrogens is 274 g/mol. The van der Waals surface area contributed by atoms with Crippen molar-refractivity contribution in [3.63, 3.8) is 0 Å². The van der Waals surface area contributed by atoms with Crippen LogP contribution in [0.5, 0.6) is 0 Å². The van der Waals surface area contributed by atoms with E-state index >= 15 is 0 Å². The van der Waals surface area contributed by atoms with Crippen molar-refractivity contribution in [3.05, 3.63) is 36.4 Å². The van der Waals surface area contributed by atoms with Crippen molar-refractivity contribution in [3.8, 4) is 0 Å². The topological polar surface area (TPSA) is 61.3 Å². The fourth-order valence-electron chi connectivity index (χ4n) is 2.32. The largest absolute Gasteiger partial charge is 0.368 e. The van der Waals surface area contributed by atoms with E-state index in [1.165, 1.54) is 12.8 Å². The van der Waals surface area contributed by atoms with Crippen LogP contribution in [0.3, 0.4) is 0 Å². The Morgan fingerprint density at radius 3 is 2.82 bits per heavy atom. The van der Waals surface area contributed by atoms with Crippen LogP contribution in [-0.2, 0) is 0 Å². The lowest BCUT2D eigenvalue weighted by Gasteiger charge is -2.12. The number of rotatable bonds is 6. The number of benzene rings is 1. The number of nitrogens with zero attached hydrogens (tertiary/aromatic N) is 2. The molecule has 5 nitrogen and oxygen atoms in total. The van der Waals surface area contributed by atoms with Crippen LogP contribution in [0.2, 0.25) is 0 Å². The highest BCUT2D eigenvalue weighted by molar-refractivity contribution is 5.80. The second-order valence-electron chi connectivity index (χ2n) is 5.64. The number of guanidine groups is 1. The summed E-state index contributed by atoms with van der Waals surface area (Å²) in [5, 5.41) is 11.2. The van der Waals surface area contributed by atoms with Gasteiger partial charge < -0.3 is 16.0 Å². The first-order valence-corrected chi connectivity index (χ1v) is 7.89. The van der Waals surface area contributed by atoms with Gasteiger partial charge in [-0.2, -0.15) is 0 Å². The predicted octanol–water partition coefficient (Wildman–Crippen LogP) is 2.22. The van der Waals surface area contributed by atoms with Gasteiger partial charge in [0.1, 0.15) is 5.82 Å². The van der Waals surface area contributed by atoms with Crippen LogP contribution in [0.25, 0.3) is 10.9 Å². The minimum Gasteiger partial charge on any atom is -0.368 e. The van der Waals surface area contributed by atoms with Crippen LogP contribution in [0, 0.1) is 5.92 Å². The third-order valence-corrected chi connectivity index (χ3v) is 3.80. The maximum Gasteiger partial charge on any atom is 0.191 e. The zero-order valence-electron chi connectivity index (χ0n) is 13.0. The molecule has 5 heteroatoms. The zero-order valence-corrected chi connectivity index (χ0v) is 13.0. The lowest BCUT2D eigenvalue weighted by molar-refractivity contribution is 0.740. The smallest absolute Gasteiger partial charge is 0.191 e. The molecule has 0 saturated heterocycles. The zero-order chi connectivity index (χ0) is 15.2. The Morgan fingerprint density at radius 1 is 1.14 bits per heavy atom. The van der Waals surface area contributed by atoms with Crippen molar-refractivity contribution in [2.24, 2.45) is 10.9 Å². The van der Waals surface area contributed by atoms with Gasteiger partial charge in [-0.05, 0) is 37.0 Å². The van der Waals surface area contributed by atoms with E-state index in [9.17, 15) is 0 Å². The van der Waals surface area contributed by atoms with Gasteiger partial charge in [-0.3, -0.25) is 4.99 Å². The molecule has 1 aromatic heterocycles. The number of hydrogen-bond acceptors (Lipinski definition) is 3. The van der Waals surface area contributed by atoms with Crippen molar-refractivity contribution >= 4 is 22.7 Å². The summed E-state index contributed by atoms with van der Waals surface area (Å²) in [7, 11) is 1.81. The average molecular weight is 297 g/mol. The number of hydrogen-bond donors (Lipinski definition) is 3. The van der Waals surface area contributed by atoms with E-state index in [1.807, 2.05) is 24.3 Å². The summed E-state index contributed by atoms with van der Waals surface area (Å²) in [6, 6.07) is 12.2. The van der Waals surface area contributed by atoms with Gasteiger partial charge in [-0.15, -0.1) is 0 Å². The molecule has 0 unspecified atom stereocenters. The SMILES string of the molecule is CN=C(NCCNc1ccc2ccccc2n1)NCC1CC1. The molecule has 0 amide bonds. The molecule has 3 rings (SSSR count). The van der Waals surface area contributed by atoms with Gasteiger partial charge in [0.25, 0.3) is 0 Å².